The van der Waals surface area contributed by atoms with Crippen molar-refractivity contribution in [2.75, 3.05) is 20.2 Å². The molecule has 0 spiro atoms. The molecule has 0 saturated heterocycles. The van der Waals surface area contributed by atoms with Gasteiger partial charge in [-0.15, -0.1) is 0 Å². The second kappa shape index (κ2) is 9.61. The Labute approximate surface area is 155 Å². The fourth-order valence-electron chi connectivity index (χ4n) is 2.56. The maximum Gasteiger partial charge on any atom is 0.239 e. The summed E-state index contributed by atoms with van der Waals surface area (Å²) in [5.41, 5.74) is 3.30. The van der Waals surface area contributed by atoms with Gasteiger partial charge in [0.05, 0.1) is 13.7 Å². The molecule has 1 N–H and O–H groups in total. The summed E-state index contributed by atoms with van der Waals surface area (Å²) < 4.78 is 5.13. The fourth-order valence-corrected chi connectivity index (χ4v) is 2.56. The van der Waals surface area contributed by atoms with Crippen LogP contribution < -0.4 is 10.1 Å². The van der Waals surface area contributed by atoms with Gasteiger partial charge in [0.25, 0.3) is 0 Å². The third-order valence-corrected chi connectivity index (χ3v) is 4.17. The summed E-state index contributed by atoms with van der Waals surface area (Å²) >= 11 is 0. The van der Waals surface area contributed by atoms with Gasteiger partial charge in [-0.1, -0.05) is 42.0 Å². The number of carbonyl (C=O) groups is 2. The number of benzene rings is 2. The van der Waals surface area contributed by atoms with Crippen molar-refractivity contribution in [1.29, 1.82) is 0 Å². The van der Waals surface area contributed by atoms with Gasteiger partial charge >= 0.3 is 0 Å². The highest BCUT2D eigenvalue weighted by molar-refractivity contribution is 5.83. The second-order valence-corrected chi connectivity index (χ2v) is 6.31. The summed E-state index contributed by atoms with van der Waals surface area (Å²) in [6.45, 7) is 4.52. The van der Waals surface area contributed by atoms with Crippen molar-refractivity contribution in [2.24, 2.45) is 0 Å². The molecule has 2 aromatic carbocycles. The number of aryl methyl sites for hydroxylation is 1. The van der Waals surface area contributed by atoms with E-state index in [2.05, 4.69) is 5.32 Å². The van der Waals surface area contributed by atoms with Gasteiger partial charge in [-0.3, -0.25) is 9.59 Å². The standard InChI is InChI=1S/C21H26N2O3/c1-16-4-6-19(7-5-16)14-23(17(2)24)15-21(25)22-13-12-18-8-10-20(26-3)11-9-18/h4-11H,12-15H2,1-3H3,(H,22,25). The lowest BCUT2D eigenvalue weighted by Gasteiger charge is -2.20. The van der Waals surface area contributed by atoms with Crippen LogP contribution in [0.5, 0.6) is 5.75 Å². The summed E-state index contributed by atoms with van der Waals surface area (Å²) in [6, 6.07) is 15.7. The Kier molecular flexibility index (Phi) is 7.21. The normalized spacial score (nSPS) is 10.3. The van der Waals surface area contributed by atoms with E-state index in [1.54, 1.807) is 12.0 Å². The van der Waals surface area contributed by atoms with E-state index < -0.39 is 0 Å². The number of methoxy groups -OCH3 is 1. The smallest absolute Gasteiger partial charge is 0.239 e. The van der Waals surface area contributed by atoms with Crippen molar-refractivity contribution in [3.05, 3.63) is 65.2 Å². The lowest BCUT2D eigenvalue weighted by molar-refractivity contribution is -0.134. The Morgan fingerprint density at radius 2 is 1.62 bits per heavy atom. The van der Waals surface area contributed by atoms with Crippen molar-refractivity contribution in [2.45, 2.75) is 26.8 Å². The molecule has 5 heteroatoms. The average molecular weight is 354 g/mol. The molecule has 0 aliphatic carbocycles. The zero-order valence-corrected chi connectivity index (χ0v) is 15.6. The SMILES string of the molecule is COc1ccc(CCNC(=O)CN(Cc2ccc(C)cc2)C(C)=O)cc1. The number of nitrogens with one attached hydrogen (secondary N) is 1. The van der Waals surface area contributed by atoms with E-state index in [1.165, 1.54) is 12.5 Å². The van der Waals surface area contributed by atoms with E-state index in [0.29, 0.717) is 13.1 Å². The third-order valence-electron chi connectivity index (χ3n) is 4.17. The number of nitrogens with zero attached hydrogens (tertiary/aromatic N) is 1. The molecule has 2 rings (SSSR count). The molecule has 0 saturated carbocycles. The van der Waals surface area contributed by atoms with Gasteiger partial charge in [0, 0.05) is 20.0 Å². The van der Waals surface area contributed by atoms with Gasteiger partial charge in [-0.2, -0.15) is 0 Å². The molecule has 0 atom stereocenters. The number of rotatable bonds is 8. The first kappa shape index (κ1) is 19.5. The largest absolute Gasteiger partial charge is 0.497 e. The number of amides is 2. The summed E-state index contributed by atoms with van der Waals surface area (Å²) in [6.07, 6.45) is 0.730. The zero-order chi connectivity index (χ0) is 18.9. The van der Waals surface area contributed by atoms with Crippen LogP contribution in [-0.4, -0.2) is 36.9 Å². The molecule has 0 bridgehead atoms. The predicted octanol–water partition coefficient (Wildman–Crippen LogP) is 2.71. The van der Waals surface area contributed by atoms with Crippen LogP contribution in [-0.2, 0) is 22.6 Å². The van der Waals surface area contributed by atoms with Gasteiger partial charge in [-0.25, -0.2) is 0 Å². The molecule has 0 aromatic heterocycles. The molecular weight excluding hydrogens is 328 g/mol. The van der Waals surface area contributed by atoms with E-state index in [0.717, 1.165) is 23.3 Å². The highest BCUT2D eigenvalue weighted by Gasteiger charge is 2.14. The maximum absolute atomic E-state index is 12.2. The molecule has 0 aliphatic rings. The Balaban J connectivity index is 1.81. The minimum absolute atomic E-state index is 0.0613. The number of ether oxygens (including phenoxy) is 1. The predicted molar refractivity (Wildman–Crippen MR) is 102 cm³/mol. The quantitative estimate of drug-likeness (QED) is 0.793. The van der Waals surface area contributed by atoms with Gasteiger partial charge in [-0.05, 0) is 36.6 Å². The van der Waals surface area contributed by atoms with Gasteiger partial charge in [0.2, 0.25) is 11.8 Å². The minimum Gasteiger partial charge on any atom is -0.497 e. The Bertz CT molecular complexity index is 724. The molecule has 0 aliphatic heterocycles. The maximum atomic E-state index is 12.2. The van der Waals surface area contributed by atoms with Crippen LogP contribution in [0.3, 0.4) is 0 Å². The van der Waals surface area contributed by atoms with E-state index in [1.807, 2.05) is 55.5 Å². The molecule has 0 radical (unpaired) electrons. The second-order valence-electron chi connectivity index (χ2n) is 6.31. The molecule has 0 fully saturated rings. The summed E-state index contributed by atoms with van der Waals surface area (Å²) in [7, 11) is 1.63. The summed E-state index contributed by atoms with van der Waals surface area (Å²) in [5, 5.41) is 2.88. The highest BCUT2D eigenvalue weighted by Crippen LogP contribution is 2.11. The van der Waals surface area contributed by atoms with Crippen molar-refractivity contribution < 1.29 is 14.3 Å². The number of hydrogen-bond acceptors (Lipinski definition) is 3. The lowest BCUT2D eigenvalue weighted by Crippen LogP contribution is -2.39. The van der Waals surface area contributed by atoms with E-state index in [9.17, 15) is 9.59 Å². The van der Waals surface area contributed by atoms with Crippen molar-refractivity contribution in [1.82, 2.24) is 10.2 Å². The Morgan fingerprint density at radius 1 is 1.00 bits per heavy atom. The van der Waals surface area contributed by atoms with Gasteiger partial charge < -0.3 is 15.0 Å². The molecule has 0 unspecified atom stereocenters. The molecular formula is C21H26N2O3. The molecule has 0 heterocycles. The van der Waals surface area contributed by atoms with Crippen LogP contribution in [0.2, 0.25) is 0 Å². The lowest BCUT2D eigenvalue weighted by atomic mass is 10.1. The van der Waals surface area contributed by atoms with Crippen LogP contribution >= 0.6 is 0 Å². The fraction of sp³-hybridized carbons (Fsp3) is 0.333. The Morgan fingerprint density at radius 3 is 2.19 bits per heavy atom. The number of carbonyl (C=O) groups excluding carboxylic acids is 2. The van der Waals surface area contributed by atoms with E-state index in [-0.39, 0.29) is 18.4 Å². The van der Waals surface area contributed by atoms with Crippen LogP contribution in [0.1, 0.15) is 23.6 Å². The third kappa shape index (κ3) is 6.24. The summed E-state index contributed by atoms with van der Waals surface area (Å²) in [4.78, 5) is 25.6. The average Bonchev–Trinajstić information content (AvgIpc) is 2.63. The minimum atomic E-state index is -0.152. The topological polar surface area (TPSA) is 58.6 Å². The Hall–Kier alpha value is -2.82. The molecule has 5 nitrogen and oxygen atoms in total. The zero-order valence-electron chi connectivity index (χ0n) is 15.6. The van der Waals surface area contributed by atoms with Gasteiger partial charge in [0.1, 0.15) is 5.75 Å². The first-order chi connectivity index (χ1) is 12.5. The number of hydrogen-bond donors (Lipinski definition) is 1. The summed E-state index contributed by atoms with van der Waals surface area (Å²) in [5.74, 6) is 0.544. The first-order valence-electron chi connectivity index (χ1n) is 8.68. The molecule has 26 heavy (non-hydrogen) atoms. The van der Waals surface area contributed by atoms with Gasteiger partial charge in [0.15, 0.2) is 0 Å². The highest BCUT2D eigenvalue weighted by atomic mass is 16.5. The molecule has 2 aromatic rings. The molecule has 2 amide bonds. The monoisotopic (exact) mass is 354 g/mol. The van der Waals surface area contributed by atoms with Crippen molar-refractivity contribution >= 4 is 11.8 Å². The van der Waals surface area contributed by atoms with Crippen LogP contribution in [0.25, 0.3) is 0 Å². The van der Waals surface area contributed by atoms with E-state index >= 15 is 0 Å². The molecule has 138 valence electrons. The van der Waals surface area contributed by atoms with Crippen molar-refractivity contribution in [3.8, 4) is 5.75 Å². The van der Waals surface area contributed by atoms with Crippen LogP contribution in [0.15, 0.2) is 48.5 Å². The van der Waals surface area contributed by atoms with Crippen LogP contribution in [0.4, 0.5) is 0 Å². The van der Waals surface area contributed by atoms with Crippen LogP contribution in [0, 0.1) is 6.92 Å². The first-order valence-corrected chi connectivity index (χ1v) is 8.68. The van der Waals surface area contributed by atoms with E-state index in [4.69, 9.17) is 4.74 Å². The van der Waals surface area contributed by atoms with Crippen molar-refractivity contribution in [3.63, 3.8) is 0 Å².